The van der Waals surface area contributed by atoms with Crippen LogP contribution in [0.2, 0.25) is 0 Å². The normalized spacial score (nSPS) is 12.9. The molecule has 0 aliphatic heterocycles. The highest BCUT2D eigenvalue weighted by molar-refractivity contribution is 5.83. The third-order valence-electron chi connectivity index (χ3n) is 4.53. The molecule has 3 heterocycles. The van der Waals surface area contributed by atoms with Gasteiger partial charge in [0.1, 0.15) is 11.8 Å². The molecule has 0 bridgehead atoms. The molecule has 1 N–H and O–H groups in total. The number of aliphatic hydroxyl groups is 1. The summed E-state index contributed by atoms with van der Waals surface area (Å²) < 4.78 is 13.9. The van der Waals surface area contributed by atoms with Crippen LogP contribution in [0, 0.1) is 0 Å². The lowest BCUT2D eigenvalue weighted by atomic mass is 10.2. The summed E-state index contributed by atoms with van der Waals surface area (Å²) in [6.45, 7) is 2.50. The minimum atomic E-state index is -0.268. The van der Waals surface area contributed by atoms with Crippen molar-refractivity contribution in [3.8, 4) is 11.6 Å². The van der Waals surface area contributed by atoms with E-state index in [1.807, 2.05) is 24.3 Å². The van der Waals surface area contributed by atoms with Gasteiger partial charge in [0.2, 0.25) is 0 Å². The van der Waals surface area contributed by atoms with Crippen LogP contribution in [0.3, 0.4) is 0 Å². The zero-order chi connectivity index (χ0) is 19.0. The molecule has 0 aliphatic rings. The molecule has 3 aromatic heterocycles. The monoisotopic (exact) mass is 369 g/mol. The number of hydrogen-bond donors (Lipinski definition) is 1. The summed E-state index contributed by atoms with van der Waals surface area (Å²) in [4.78, 5) is 21.9. The van der Waals surface area contributed by atoms with Gasteiger partial charge in [-0.15, -0.1) is 0 Å². The van der Waals surface area contributed by atoms with Crippen molar-refractivity contribution in [1.29, 1.82) is 0 Å². The van der Waals surface area contributed by atoms with Gasteiger partial charge in [0, 0.05) is 19.6 Å². The van der Waals surface area contributed by atoms with Crippen LogP contribution in [0.15, 0.2) is 39.9 Å². The Hall–Kier alpha value is -3.04. The standard InChI is InChI=1S/C18H19N5O4/c1-11(9-24)16-20-17(27-21-16)14-15-18(25)22(7-8-26-2)12-5-3-4-6-13(12)23(15)10-19-14/h3-6,10-11,24H,7-9H2,1-2H3. The van der Waals surface area contributed by atoms with E-state index in [-0.39, 0.29) is 24.0 Å². The number of para-hydroxylation sites is 2. The average Bonchev–Trinajstić information content (AvgIpc) is 3.34. The van der Waals surface area contributed by atoms with Crippen molar-refractivity contribution in [3.05, 3.63) is 46.8 Å². The number of methoxy groups -OCH3 is 1. The van der Waals surface area contributed by atoms with E-state index in [0.717, 1.165) is 11.0 Å². The molecule has 0 aliphatic carbocycles. The van der Waals surface area contributed by atoms with Gasteiger partial charge in [-0.05, 0) is 12.1 Å². The van der Waals surface area contributed by atoms with Crippen molar-refractivity contribution in [2.45, 2.75) is 19.4 Å². The Morgan fingerprint density at radius 3 is 2.81 bits per heavy atom. The smallest absolute Gasteiger partial charge is 0.278 e. The van der Waals surface area contributed by atoms with Gasteiger partial charge in [-0.1, -0.05) is 24.2 Å². The zero-order valence-corrected chi connectivity index (χ0v) is 15.0. The molecule has 0 amide bonds. The first-order valence-corrected chi connectivity index (χ1v) is 8.58. The Balaban J connectivity index is 1.97. The van der Waals surface area contributed by atoms with Crippen LogP contribution in [0.1, 0.15) is 18.7 Å². The summed E-state index contributed by atoms with van der Waals surface area (Å²) >= 11 is 0. The molecule has 9 heteroatoms. The number of nitrogens with zero attached hydrogens (tertiary/aromatic N) is 5. The molecule has 0 fully saturated rings. The Labute approximate surface area is 153 Å². The number of rotatable bonds is 6. The Morgan fingerprint density at radius 2 is 2.07 bits per heavy atom. The van der Waals surface area contributed by atoms with Crippen molar-refractivity contribution in [1.82, 2.24) is 24.1 Å². The summed E-state index contributed by atoms with van der Waals surface area (Å²) in [6.07, 6.45) is 1.58. The number of hydrogen-bond acceptors (Lipinski definition) is 7. The third kappa shape index (κ3) is 2.81. The van der Waals surface area contributed by atoms with Gasteiger partial charge in [-0.3, -0.25) is 9.20 Å². The van der Waals surface area contributed by atoms with Crippen molar-refractivity contribution in [3.63, 3.8) is 0 Å². The van der Waals surface area contributed by atoms with Crippen LogP contribution < -0.4 is 5.56 Å². The summed E-state index contributed by atoms with van der Waals surface area (Å²) in [5.74, 6) is 0.253. The van der Waals surface area contributed by atoms with Crippen molar-refractivity contribution >= 4 is 16.6 Å². The van der Waals surface area contributed by atoms with Gasteiger partial charge in [-0.2, -0.15) is 4.98 Å². The van der Waals surface area contributed by atoms with Crippen LogP contribution in [0.4, 0.5) is 0 Å². The van der Waals surface area contributed by atoms with E-state index in [2.05, 4.69) is 15.1 Å². The van der Waals surface area contributed by atoms with E-state index in [9.17, 15) is 9.90 Å². The number of benzene rings is 1. The zero-order valence-electron chi connectivity index (χ0n) is 15.0. The second-order valence-electron chi connectivity index (χ2n) is 6.29. The molecular weight excluding hydrogens is 350 g/mol. The first kappa shape index (κ1) is 17.4. The summed E-state index contributed by atoms with van der Waals surface area (Å²) in [5, 5.41) is 13.2. The fourth-order valence-electron chi connectivity index (χ4n) is 3.04. The maximum atomic E-state index is 13.2. The van der Waals surface area contributed by atoms with E-state index in [0.29, 0.717) is 30.2 Å². The van der Waals surface area contributed by atoms with Crippen LogP contribution in [0.25, 0.3) is 28.1 Å². The number of imidazole rings is 1. The molecule has 140 valence electrons. The highest BCUT2D eigenvalue weighted by atomic mass is 16.5. The minimum absolute atomic E-state index is 0.0998. The molecule has 0 radical (unpaired) electrons. The lowest BCUT2D eigenvalue weighted by Gasteiger charge is -2.11. The molecule has 4 aromatic rings. The average molecular weight is 369 g/mol. The van der Waals surface area contributed by atoms with Gasteiger partial charge < -0.3 is 18.9 Å². The lowest BCUT2D eigenvalue weighted by Crippen LogP contribution is -2.24. The fourth-order valence-corrected chi connectivity index (χ4v) is 3.04. The molecule has 1 atom stereocenters. The number of aliphatic hydroxyl groups excluding tert-OH is 1. The van der Waals surface area contributed by atoms with Gasteiger partial charge in [0.25, 0.3) is 11.4 Å². The van der Waals surface area contributed by atoms with Crippen molar-refractivity contribution in [2.24, 2.45) is 0 Å². The molecule has 0 saturated heterocycles. The maximum Gasteiger partial charge on any atom is 0.278 e. The minimum Gasteiger partial charge on any atom is -0.396 e. The Morgan fingerprint density at radius 1 is 1.30 bits per heavy atom. The van der Waals surface area contributed by atoms with Gasteiger partial charge >= 0.3 is 0 Å². The van der Waals surface area contributed by atoms with E-state index in [1.165, 1.54) is 0 Å². The van der Waals surface area contributed by atoms with Crippen molar-refractivity contribution in [2.75, 3.05) is 20.3 Å². The summed E-state index contributed by atoms with van der Waals surface area (Å²) in [6, 6.07) is 7.60. The molecular formula is C18H19N5O4. The molecule has 1 aromatic carbocycles. The summed E-state index contributed by atoms with van der Waals surface area (Å²) in [5.41, 5.74) is 2.09. The van der Waals surface area contributed by atoms with Gasteiger partial charge in [-0.25, -0.2) is 4.98 Å². The number of ether oxygens (including phenoxy) is 1. The van der Waals surface area contributed by atoms with E-state index in [4.69, 9.17) is 9.26 Å². The lowest BCUT2D eigenvalue weighted by molar-refractivity contribution is 0.187. The predicted octanol–water partition coefficient (Wildman–Crippen LogP) is 1.44. The van der Waals surface area contributed by atoms with Crippen LogP contribution in [-0.2, 0) is 11.3 Å². The number of aromatic nitrogens is 5. The quantitative estimate of drug-likeness (QED) is 0.548. The predicted molar refractivity (Wildman–Crippen MR) is 97.6 cm³/mol. The second kappa shape index (κ2) is 6.93. The molecule has 0 saturated carbocycles. The second-order valence-corrected chi connectivity index (χ2v) is 6.29. The first-order valence-electron chi connectivity index (χ1n) is 8.58. The maximum absolute atomic E-state index is 13.2. The third-order valence-corrected chi connectivity index (χ3v) is 4.53. The fraction of sp³-hybridized carbons (Fsp3) is 0.333. The van der Waals surface area contributed by atoms with Crippen LogP contribution >= 0.6 is 0 Å². The van der Waals surface area contributed by atoms with Crippen LogP contribution in [-0.4, -0.2) is 49.5 Å². The van der Waals surface area contributed by atoms with Crippen LogP contribution in [0.5, 0.6) is 0 Å². The van der Waals surface area contributed by atoms with Crippen molar-refractivity contribution < 1.29 is 14.4 Å². The molecule has 0 spiro atoms. The highest BCUT2D eigenvalue weighted by Crippen LogP contribution is 2.24. The first-order chi connectivity index (χ1) is 13.2. The van der Waals surface area contributed by atoms with Gasteiger partial charge in [0.15, 0.2) is 11.5 Å². The SMILES string of the molecule is COCCn1c(=O)c2c(-c3nc(C(C)CO)no3)ncn2c2ccccc21. The molecule has 1 unspecified atom stereocenters. The van der Waals surface area contributed by atoms with E-state index >= 15 is 0 Å². The summed E-state index contributed by atoms with van der Waals surface area (Å²) in [7, 11) is 1.60. The topological polar surface area (TPSA) is 108 Å². The Kier molecular flexibility index (Phi) is 4.46. The highest BCUT2D eigenvalue weighted by Gasteiger charge is 2.22. The van der Waals surface area contributed by atoms with E-state index in [1.54, 1.807) is 29.3 Å². The molecule has 9 nitrogen and oxygen atoms in total. The van der Waals surface area contributed by atoms with Gasteiger partial charge in [0.05, 0.1) is 24.2 Å². The number of fused-ring (bicyclic) bond motifs is 3. The molecule has 27 heavy (non-hydrogen) atoms. The molecule has 4 rings (SSSR count). The Bertz CT molecular complexity index is 1160. The largest absolute Gasteiger partial charge is 0.396 e. The van der Waals surface area contributed by atoms with E-state index < -0.39 is 0 Å².